The van der Waals surface area contributed by atoms with Crippen molar-refractivity contribution in [3.8, 4) is 0 Å². The fourth-order valence-corrected chi connectivity index (χ4v) is 2.60. The molecule has 0 aliphatic carbocycles. The number of unbranched alkanes of at least 4 members (excludes halogenated alkanes) is 1. The Hall–Kier alpha value is 0.140. The van der Waals surface area contributed by atoms with Crippen LogP contribution in [0.4, 0.5) is 0 Å². The van der Waals surface area contributed by atoms with Gasteiger partial charge in [0.15, 0.2) is 0 Å². The van der Waals surface area contributed by atoms with Crippen LogP contribution < -0.4 is 0 Å². The van der Waals surface area contributed by atoms with Gasteiger partial charge in [-0.25, -0.2) is 0 Å². The lowest BCUT2D eigenvalue weighted by atomic mass is 9.98. The Morgan fingerprint density at radius 2 is 1.89 bits per heavy atom. The van der Waals surface area contributed by atoms with E-state index in [-0.39, 0.29) is 0 Å². The van der Waals surface area contributed by atoms with Crippen LogP contribution in [-0.4, -0.2) is 18.5 Å². The molecule has 0 bridgehead atoms. The summed E-state index contributed by atoms with van der Waals surface area (Å²) in [5.41, 5.74) is 1.40. The summed E-state index contributed by atoms with van der Waals surface area (Å²) in [5, 5.41) is 1.04. The highest BCUT2D eigenvalue weighted by molar-refractivity contribution is 9.10. The normalized spacial score (nSPS) is 12.6. The molecule has 102 valence electrons. The van der Waals surface area contributed by atoms with Gasteiger partial charge in [-0.1, -0.05) is 57.3 Å². The molecule has 0 saturated carbocycles. The van der Waals surface area contributed by atoms with Crippen LogP contribution in [-0.2, 0) is 11.2 Å². The molecule has 0 spiro atoms. The molecule has 0 N–H and O–H groups in total. The zero-order valence-corrected chi connectivity index (χ0v) is 14.2. The maximum absolute atomic E-state index is 5.63. The maximum atomic E-state index is 5.63. The first-order valence-corrected chi connectivity index (χ1v) is 8.55. The van der Waals surface area contributed by atoms with Gasteiger partial charge in [-0.2, -0.15) is 0 Å². The van der Waals surface area contributed by atoms with Gasteiger partial charge >= 0.3 is 0 Å². The van der Waals surface area contributed by atoms with E-state index < -0.39 is 0 Å². The van der Waals surface area contributed by atoms with E-state index in [2.05, 4.69) is 63.0 Å². The molecule has 0 amide bonds. The summed E-state index contributed by atoms with van der Waals surface area (Å²) in [5.74, 6) is 0.660. The van der Waals surface area contributed by atoms with Crippen LogP contribution >= 0.6 is 31.9 Å². The van der Waals surface area contributed by atoms with E-state index in [9.17, 15) is 0 Å². The molecule has 1 unspecified atom stereocenters. The van der Waals surface area contributed by atoms with Gasteiger partial charge in [-0.3, -0.25) is 0 Å². The van der Waals surface area contributed by atoms with Crippen molar-refractivity contribution in [1.29, 1.82) is 0 Å². The molecule has 3 heteroatoms. The number of ether oxygens (including phenoxy) is 1. The molecule has 1 atom stereocenters. The van der Waals surface area contributed by atoms with E-state index in [4.69, 9.17) is 4.74 Å². The lowest BCUT2D eigenvalue weighted by Crippen LogP contribution is -2.10. The van der Waals surface area contributed by atoms with Gasteiger partial charge in [0.1, 0.15) is 0 Å². The van der Waals surface area contributed by atoms with Crippen molar-refractivity contribution in [3.05, 3.63) is 34.3 Å². The maximum Gasteiger partial charge on any atom is 0.0469 e. The second-order valence-electron chi connectivity index (χ2n) is 4.61. The largest absolute Gasteiger partial charge is 0.381 e. The molecule has 0 fully saturated rings. The number of halogens is 2. The molecular weight excluding hydrogens is 356 g/mol. The van der Waals surface area contributed by atoms with Crippen molar-refractivity contribution >= 4 is 31.9 Å². The fraction of sp³-hybridized carbons (Fsp3) is 0.600. The highest BCUT2D eigenvalue weighted by Crippen LogP contribution is 2.17. The predicted molar refractivity (Wildman–Crippen MR) is 85.5 cm³/mol. The molecule has 0 aromatic heterocycles. The lowest BCUT2D eigenvalue weighted by molar-refractivity contribution is 0.120. The predicted octanol–water partition coefficient (Wildman–Crippen LogP) is 5.21. The molecule has 18 heavy (non-hydrogen) atoms. The number of hydrogen-bond acceptors (Lipinski definition) is 1. The Labute approximate surface area is 128 Å². The number of rotatable bonds is 9. The van der Waals surface area contributed by atoms with Crippen LogP contribution in [0.5, 0.6) is 0 Å². The molecular formula is C15H22Br2O. The highest BCUT2D eigenvalue weighted by Gasteiger charge is 2.08. The topological polar surface area (TPSA) is 9.23 Å². The number of benzene rings is 1. The number of alkyl halides is 1. The Morgan fingerprint density at radius 1 is 1.17 bits per heavy atom. The van der Waals surface area contributed by atoms with Crippen LogP contribution in [0.1, 0.15) is 31.7 Å². The first-order chi connectivity index (χ1) is 8.76. The van der Waals surface area contributed by atoms with Gasteiger partial charge in [0.2, 0.25) is 0 Å². The minimum atomic E-state index is 0.660. The molecule has 1 rings (SSSR count). The molecule has 0 saturated heterocycles. The van der Waals surface area contributed by atoms with Gasteiger partial charge in [-0.15, -0.1) is 0 Å². The molecule has 0 aliphatic rings. The molecule has 1 nitrogen and oxygen atoms in total. The van der Waals surface area contributed by atoms with Crippen LogP contribution in [0.25, 0.3) is 0 Å². The molecule has 0 aliphatic heterocycles. The Balaban J connectivity index is 2.26. The zero-order chi connectivity index (χ0) is 13.2. The van der Waals surface area contributed by atoms with Crippen molar-refractivity contribution in [2.24, 2.45) is 5.92 Å². The van der Waals surface area contributed by atoms with Gasteiger partial charge in [0.25, 0.3) is 0 Å². The summed E-state index contributed by atoms with van der Waals surface area (Å²) in [7, 11) is 0. The molecule has 1 aromatic carbocycles. The third-order valence-electron chi connectivity index (χ3n) is 2.97. The molecule has 1 aromatic rings. The third-order valence-corrected chi connectivity index (χ3v) is 4.41. The van der Waals surface area contributed by atoms with E-state index in [1.54, 1.807) is 0 Å². The summed E-state index contributed by atoms with van der Waals surface area (Å²) in [6.07, 6.45) is 4.63. The Morgan fingerprint density at radius 3 is 2.50 bits per heavy atom. The third kappa shape index (κ3) is 6.91. The van der Waals surface area contributed by atoms with Crippen molar-refractivity contribution in [2.45, 2.75) is 32.6 Å². The van der Waals surface area contributed by atoms with E-state index in [1.165, 1.54) is 18.4 Å². The lowest BCUT2D eigenvalue weighted by Gasteiger charge is -2.14. The second kappa shape index (κ2) is 9.99. The van der Waals surface area contributed by atoms with Gasteiger partial charge < -0.3 is 4.74 Å². The van der Waals surface area contributed by atoms with Crippen LogP contribution in [0, 0.1) is 5.92 Å². The minimum Gasteiger partial charge on any atom is -0.381 e. The zero-order valence-electron chi connectivity index (χ0n) is 11.0. The average Bonchev–Trinajstić information content (AvgIpc) is 2.39. The standard InChI is InChI=1S/C15H22Br2O/c1-2-3-9-18-10-8-14(12-16)11-13-4-6-15(17)7-5-13/h4-7,14H,2-3,8-12H2,1H3. The first-order valence-electron chi connectivity index (χ1n) is 6.64. The minimum absolute atomic E-state index is 0.660. The van der Waals surface area contributed by atoms with Crippen LogP contribution in [0.2, 0.25) is 0 Å². The second-order valence-corrected chi connectivity index (χ2v) is 6.17. The average molecular weight is 378 g/mol. The van der Waals surface area contributed by atoms with Gasteiger partial charge in [0.05, 0.1) is 0 Å². The summed E-state index contributed by atoms with van der Waals surface area (Å²) in [4.78, 5) is 0. The van der Waals surface area contributed by atoms with Crippen molar-refractivity contribution in [3.63, 3.8) is 0 Å². The van der Waals surface area contributed by atoms with Crippen molar-refractivity contribution in [2.75, 3.05) is 18.5 Å². The van der Waals surface area contributed by atoms with Gasteiger partial charge in [-0.05, 0) is 42.9 Å². The highest BCUT2D eigenvalue weighted by atomic mass is 79.9. The van der Waals surface area contributed by atoms with E-state index in [0.29, 0.717) is 5.92 Å². The summed E-state index contributed by atoms with van der Waals surface area (Å²) >= 11 is 7.07. The summed E-state index contributed by atoms with van der Waals surface area (Å²) in [6, 6.07) is 8.60. The van der Waals surface area contributed by atoms with E-state index >= 15 is 0 Å². The Kier molecular flexibility index (Phi) is 8.99. The SMILES string of the molecule is CCCCOCCC(CBr)Cc1ccc(Br)cc1. The van der Waals surface area contributed by atoms with E-state index in [1.807, 2.05) is 0 Å². The Bertz CT molecular complexity index is 311. The quantitative estimate of drug-likeness (QED) is 0.424. The molecule has 0 heterocycles. The summed E-state index contributed by atoms with van der Waals surface area (Å²) < 4.78 is 6.78. The monoisotopic (exact) mass is 376 g/mol. The van der Waals surface area contributed by atoms with Crippen LogP contribution in [0.3, 0.4) is 0 Å². The van der Waals surface area contributed by atoms with Crippen molar-refractivity contribution < 1.29 is 4.74 Å². The van der Waals surface area contributed by atoms with Crippen molar-refractivity contribution in [1.82, 2.24) is 0 Å². The van der Waals surface area contributed by atoms with Crippen LogP contribution in [0.15, 0.2) is 28.7 Å². The van der Waals surface area contributed by atoms with Gasteiger partial charge in [0, 0.05) is 23.0 Å². The molecule has 0 radical (unpaired) electrons. The fourth-order valence-electron chi connectivity index (χ4n) is 1.79. The number of hydrogen-bond donors (Lipinski definition) is 0. The smallest absolute Gasteiger partial charge is 0.0469 e. The summed E-state index contributed by atoms with van der Waals surface area (Å²) in [6.45, 7) is 3.98. The van der Waals surface area contributed by atoms with E-state index in [0.717, 1.165) is 35.9 Å². The first kappa shape index (κ1) is 16.2.